The molecule has 4 rings (SSSR count). The normalized spacial score (nSPS) is 15.8. The van der Waals surface area contributed by atoms with Crippen molar-refractivity contribution < 1.29 is 18.1 Å². The molecule has 3 N–H and O–H groups in total. The molecule has 0 fully saturated rings. The standard InChI is InChI=1S/C19H18F2N6O3/c20-14-7-12(19(22)16-9-23-25-24-16)8-15(21)18(14)11-3-5-26(6-4-11)10-13-1-2-17(30-13)27(28)29/h1-3,7-9,19H,4-6,10,22H2,(H,23,24,25). The van der Waals surface area contributed by atoms with E-state index < -0.39 is 22.6 Å². The van der Waals surface area contributed by atoms with Gasteiger partial charge in [0.25, 0.3) is 0 Å². The van der Waals surface area contributed by atoms with Crippen molar-refractivity contribution in [3.8, 4) is 0 Å². The number of H-pyrrole nitrogens is 1. The van der Waals surface area contributed by atoms with Gasteiger partial charge in [-0.3, -0.25) is 15.0 Å². The Morgan fingerprint density at radius 2 is 2.10 bits per heavy atom. The molecule has 3 aromatic rings. The van der Waals surface area contributed by atoms with Gasteiger partial charge in [-0.25, -0.2) is 8.78 Å². The van der Waals surface area contributed by atoms with E-state index in [2.05, 4.69) is 15.4 Å². The Hall–Kier alpha value is -3.44. The maximum Gasteiger partial charge on any atom is 0.433 e. The zero-order valence-corrected chi connectivity index (χ0v) is 15.7. The van der Waals surface area contributed by atoms with Gasteiger partial charge in [-0.1, -0.05) is 6.08 Å². The fourth-order valence-electron chi connectivity index (χ4n) is 3.46. The minimum absolute atomic E-state index is 0.0700. The molecule has 9 nitrogen and oxygen atoms in total. The Morgan fingerprint density at radius 3 is 2.67 bits per heavy atom. The highest BCUT2D eigenvalue weighted by Crippen LogP contribution is 2.31. The van der Waals surface area contributed by atoms with Gasteiger partial charge in [0.1, 0.15) is 28.0 Å². The largest absolute Gasteiger partial charge is 0.433 e. The maximum atomic E-state index is 14.7. The minimum Gasteiger partial charge on any atom is -0.404 e. The highest BCUT2D eigenvalue weighted by atomic mass is 19.1. The van der Waals surface area contributed by atoms with Crippen molar-refractivity contribution in [2.75, 3.05) is 13.1 Å². The second-order valence-corrected chi connectivity index (χ2v) is 6.94. The van der Waals surface area contributed by atoms with Crippen LogP contribution >= 0.6 is 0 Å². The molecule has 1 aliphatic heterocycles. The number of hydrogen-bond donors (Lipinski definition) is 2. The molecule has 0 spiro atoms. The molecule has 1 unspecified atom stereocenters. The lowest BCUT2D eigenvalue weighted by atomic mass is 9.95. The van der Waals surface area contributed by atoms with E-state index in [1.807, 2.05) is 4.90 Å². The van der Waals surface area contributed by atoms with Crippen molar-refractivity contribution >= 4 is 11.5 Å². The number of rotatable bonds is 6. The molecule has 11 heteroatoms. The molecule has 0 bridgehead atoms. The van der Waals surface area contributed by atoms with Crippen LogP contribution < -0.4 is 5.73 Å². The summed E-state index contributed by atoms with van der Waals surface area (Å²) < 4.78 is 34.7. The van der Waals surface area contributed by atoms with Gasteiger partial charge in [0.15, 0.2) is 0 Å². The molecule has 0 radical (unpaired) electrons. The number of aromatic amines is 1. The van der Waals surface area contributed by atoms with Crippen molar-refractivity contribution in [2.24, 2.45) is 5.73 Å². The Balaban J connectivity index is 1.48. The third-order valence-corrected chi connectivity index (χ3v) is 5.00. The number of halogens is 2. The van der Waals surface area contributed by atoms with Gasteiger partial charge in [0.05, 0.1) is 24.8 Å². The molecule has 1 aromatic carbocycles. The minimum atomic E-state index is -0.796. The Morgan fingerprint density at radius 1 is 1.33 bits per heavy atom. The second kappa shape index (κ2) is 8.13. The van der Waals surface area contributed by atoms with E-state index >= 15 is 0 Å². The zero-order valence-electron chi connectivity index (χ0n) is 15.7. The molecular formula is C19H18F2N6O3. The first kappa shape index (κ1) is 19.9. The summed E-state index contributed by atoms with van der Waals surface area (Å²) in [6.07, 6.45) is 3.57. The van der Waals surface area contributed by atoms with Crippen molar-refractivity contribution in [2.45, 2.75) is 19.0 Å². The number of benzene rings is 1. The van der Waals surface area contributed by atoms with E-state index in [9.17, 15) is 18.9 Å². The molecule has 0 aliphatic carbocycles. The Labute approximate surface area is 169 Å². The molecule has 0 amide bonds. The molecule has 2 aromatic heterocycles. The molecule has 0 saturated heterocycles. The van der Waals surface area contributed by atoms with Crippen LogP contribution in [0.5, 0.6) is 0 Å². The summed E-state index contributed by atoms with van der Waals surface area (Å²) in [6.45, 7) is 1.33. The smallest absolute Gasteiger partial charge is 0.404 e. The van der Waals surface area contributed by atoms with Crippen LogP contribution in [0, 0.1) is 21.7 Å². The van der Waals surface area contributed by atoms with Crippen LogP contribution in [0.1, 0.15) is 35.0 Å². The van der Waals surface area contributed by atoms with Crippen molar-refractivity contribution in [1.82, 2.24) is 20.3 Å². The van der Waals surface area contributed by atoms with Crippen LogP contribution in [0.4, 0.5) is 14.7 Å². The van der Waals surface area contributed by atoms with Crippen molar-refractivity contribution in [1.29, 1.82) is 0 Å². The molecule has 1 atom stereocenters. The summed E-state index contributed by atoms with van der Waals surface area (Å²) in [6, 6.07) is 4.49. The fourth-order valence-corrected chi connectivity index (χ4v) is 3.46. The quantitative estimate of drug-likeness (QED) is 0.467. The lowest BCUT2D eigenvalue weighted by molar-refractivity contribution is -0.402. The third kappa shape index (κ3) is 3.98. The summed E-state index contributed by atoms with van der Waals surface area (Å²) in [7, 11) is 0. The van der Waals surface area contributed by atoms with Gasteiger partial charge in [0.2, 0.25) is 0 Å². The van der Waals surface area contributed by atoms with E-state index in [4.69, 9.17) is 10.2 Å². The van der Waals surface area contributed by atoms with Crippen molar-refractivity contribution in [3.63, 3.8) is 0 Å². The number of nitrogens with one attached hydrogen (secondary N) is 1. The molecule has 30 heavy (non-hydrogen) atoms. The van der Waals surface area contributed by atoms with Gasteiger partial charge in [-0.2, -0.15) is 15.4 Å². The first-order valence-electron chi connectivity index (χ1n) is 9.17. The zero-order chi connectivity index (χ0) is 21.3. The summed E-state index contributed by atoms with van der Waals surface area (Å²) >= 11 is 0. The predicted octanol–water partition coefficient (Wildman–Crippen LogP) is 2.92. The molecule has 0 saturated carbocycles. The summed E-state index contributed by atoms with van der Waals surface area (Å²) in [5.41, 5.74) is 7.15. The highest BCUT2D eigenvalue weighted by Gasteiger charge is 2.23. The fraction of sp³-hybridized carbons (Fsp3) is 0.263. The second-order valence-electron chi connectivity index (χ2n) is 6.94. The number of aromatic nitrogens is 3. The molecule has 1 aliphatic rings. The lowest BCUT2D eigenvalue weighted by Gasteiger charge is -2.26. The number of hydrogen-bond acceptors (Lipinski definition) is 7. The first-order valence-corrected chi connectivity index (χ1v) is 9.17. The summed E-state index contributed by atoms with van der Waals surface area (Å²) in [5.74, 6) is -1.23. The van der Waals surface area contributed by atoms with Crippen LogP contribution in [0.2, 0.25) is 0 Å². The van der Waals surface area contributed by atoms with Crippen LogP contribution in [-0.2, 0) is 6.54 Å². The van der Waals surface area contributed by atoms with Gasteiger partial charge in [0, 0.05) is 18.7 Å². The topological polar surface area (TPSA) is 127 Å². The molecule has 3 heterocycles. The van der Waals surface area contributed by atoms with E-state index in [0.717, 1.165) is 0 Å². The van der Waals surface area contributed by atoms with Gasteiger partial charge >= 0.3 is 5.88 Å². The number of furan rings is 1. The van der Waals surface area contributed by atoms with E-state index in [-0.39, 0.29) is 17.0 Å². The number of nitrogens with two attached hydrogens (primary N) is 1. The van der Waals surface area contributed by atoms with E-state index in [1.165, 1.54) is 24.4 Å². The Kier molecular flexibility index (Phi) is 5.38. The average Bonchev–Trinajstić information content (AvgIpc) is 3.40. The van der Waals surface area contributed by atoms with Crippen molar-refractivity contribution in [3.05, 3.63) is 80.9 Å². The third-order valence-electron chi connectivity index (χ3n) is 5.00. The van der Waals surface area contributed by atoms with Crippen LogP contribution in [-0.4, -0.2) is 38.3 Å². The van der Waals surface area contributed by atoms with E-state index in [0.29, 0.717) is 43.1 Å². The van der Waals surface area contributed by atoms with Gasteiger partial charge < -0.3 is 10.2 Å². The predicted molar refractivity (Wildman–Crippen MR) is 102 cm³/mol. The van der Waals surface area contributed by atoms with E-state index in [1.54, 1.807) is 12.1 Å². The molecule has 156 valence electrons. The summed E-state index contributed by atoms with van der Waals surface area (Å²) in [5, 5.41) is 20.6. The van der Waals surface area contributed by atoms with Crippen LogP contribution in [0.15, 0.2) is 41.0 Å². The molecular weight excluding hydrogens is 398 g/mol. The first-order chi connectivity index (χ1) is 14.4. The maximum absolute atomic E-state index is 14.7. The van der Waals surface area contributed by atoms with Crippen LogP contribution in [0.3, 0.4) is 0 Å². The Bertz CT molecular complexity index is 1070. The monoisotopic (exact) mass is 416 g/mol. The summed E-state index contributed by atoms with van der Waals surface area (Å²) in [4.78, 5) is 12.1. The lowest BCUT2D eigenvalue weighted by Crippen LogP contribution is -2.28. The average molecular weight is 416 g/mol. The highest BCUT2D eigenvalue weighted by molar-refractivity contribution is 5.68. The SMILES string of the molecule is NC(c1cc(F)c(C2=CCN(Cc3ccc([N+](=O)[O-])o3)CC2)c(F)c1)c1cn[nH]n1. The van der Waals surface area contributed by atoms with Crippen LogP contribution in [0.25, 0.3) is 5.57 Å². The number of nitrogens with zero attached hydrogens (tertiary/aromatic N) is 4. The number of nitro groups is 1. The van der Waals surface area contributed by atoms with Gasteiger partial charge in [-0.15, -0.1) is 0 Å². The van der Waals surface area contributed by atoms with Gasteiger partial charge in [-0.05, 0) is 35.8 Å².